The van der Waals surface area contributed by atoms with Crippen LogP contribution in [-0.4, -0.2) is 9.38 Å². The van der Waals surface area contributed by atoms with Gasteiger partial charge < -0.3 is 0 Å². The van der Waals surface area contributed by atoms with Crippen molar-refractivity contribution in [3.8, 4) is 11.3 Å². The first-order chi connectivity index (χ1) is 11.8. The Balaban J connectivity index is 1.81. The fraction of sp³-hybridized carbons (Fsp3) is 0. The highest BCUT2D eigenvalue weighted by molar-refractivity contribution is 6.30. The normalized spacial score (nSPS) is 11.5. The molecule has 0 N–H and O–H groups in total. The van der Waals surface area contributed by atoms with Crippen LogP contribution in [0.1, 0.15) is 0 Å². The number of aromatic nitrogens is 2. The highest BCUT2D eigenvalue weighted by Crippen LogP contribution is 2.28. The number of rotatable bonds is 1. The van der Waals surface area contributed by atoms with Crippen LogP contribution < -0.4 is 0 Å². The van der Waals surface area contributed by atoms with Crippen LogP contribution in [0, 0.1) is 0 Å². The van der Waals surface area contributed by atoms with Gasteiger partial charge in [0, 0.05) is 22.2 Å². The summed E-state index contributed by atoms with van der Waals surface area (Å²) in [6.45, 7) is 0. The number of halogens is 1. The lowest BCUT2D eigenvalue weighted by atomic mass is 10.1. The molecule has 24 heavy (non-hydrogen) atoms. The largest absolute Gasteiger partial charge is 0.299 e. The molecule has 2 aromatic heterocycles. The van der Waals surface area contributed by atoms with Crippen LogP contribution in [0.2, 0.25) is 5.02 Å². The van der Waals surface area contributed by atoms with Crippen LogP contribution in [0.5, 0.6) is 0 Å². The zero-order chi connectivity index (χ0) is 16.1. The minimum absolute atomic E-state index is 0.736. The van der Waals surface area contributed by atoms with E-state index in [0.717, 1.165) is 21.9 Å². The summed E-state index contributed by atoms with van der Waals surface area (Å²) in [6.07, 6.45) is 2.09. The molecule has 0 spiro atoms. The molecule has 3 aromatic carbocycles. The topological polar surface area (TPSA) is 17.3 Å². The van der Waals surface area contributed by atoms with Crippen LogP contribution in [0.25, 0.3) is 38.6 Å². The number of hydrogen-bond acceptors (Lipinski definition) is 1. The van der Waals surface area contributed by atoms with E-state index in [-0.39, 0.29) is 0 Å². The number of imidazole rings is 1. The molecule has 0 bridgehead atoms. The summed E-state index contributed by atoms with van der Waals surface area (Å²) in [5, 5.41) is 4.49. The predicted molar refractivity (Wildman–Crippen MR) is 101 cm³/mol. The van der Waals surface area contributed by atoms with Crippen molar-refractivity contribution in [2.24, 2.45) is 0 Å². The maximum absolute atomic E-state index is 5.99. The minimum Gasteiger partial charge on any atom is -0.299 e. The Morgan fingerprint density at radius 3 is 2.46 bits per heavy atom. The molecule has 0 fully saturated rings. The second-order valence-electron chi connectivity index (χ2n) is 5.91. The van der Waals surface area contributed by atoms with Gasteiger partial charge in [0.2, 0.25) is 0 Å². The van der Waals surface area contributed by atoms with Gasteiger partial charge in [-0.2, -0.15) is 0 Å². The third-order valence-electron chi connectivity index (χ3n) is 4.48. The van der Waals surface area contributed by atoms with E-state index < -0.39 is 0 Å². The number of nitrogens with zero attached hydrogens (tertiary/aromatic N) is 2. The first kappa shape index (κ1) is 13.6. The van der Waals surface area contributed by atoms with E-state index in [2.05, 4.69) is 59.1 Å². The van der Waals surface area contributed by atoms with E-state index in [9.17, 15) is 0 Å². The number of hydrogen-bond donors (Lipinski definition) is 0. The molecule has 0 aliphatic rings. The molecular formula is C21H13ClN2. The van der Waals surface area contributed by atoms with Crippen molar-refractivity contribution in [2.45, 2.75) is 0 Å². The molecule has 0 aliphatic heterocycles. The molecule has 0 radical (unpaired) electrons. The molecule has 2 heterocycles. The molecule has 114 valence electrons. The predicted octanol–water partition coefficient (Wildman–Crippen LogP) is 5.96. The summed E-state index contributed by atoms with van der Waals surface area (Å²) in [5.41, 5.74) is 4.13. The van der Waals surface area contributed by atoms with Crippen LogP contribution in [0.3, 0.4) is 0 Å². The van der Waals surface area contributed by atoms with E-state index in [1.165, 1.54) is 21.7 Å². The van der Waals surface area contributed by atoms with Gasteiger partial charge >= 0.3 is 0 Å². The Labute approximate surface area is 143 Å². The molecule has 5 rings (SSSR count). The molecule has 0 saturated heterocycles. The van der Waals surface area contributed by atoms with Crippen LogP contribution in [0.15, 0.2) is 79.0 Å². The summed E-state index contributed by atoms with van der Waals surface area (Å²) in [4.78, 5) is 4.76. The maximum atomic E-state index is 5.99. The average Bonchev–Trinajstić information content (AvgIpc) is 3.06. The van der Waals surface area contributed by atoms with Gasteiger partial charge in [0.1, 0.15) is 5.65 Å². The van der Waals surface area contributed by atoms with Crippen LogP contribution >= 0.6 is 11.6 Å². The van der Waals surface area contributed by atoms with Gasteiger partial charge in [0.15, 0.2) is 0 Å². The smallest absolute Gasteiger partial charge is 0.137 e. The van der Waals surface area contributed by atoms with Crippen molar-refractivity contribution in [1.29, 1.82) is 0 Å². The van der Waals surface area contributed by atoms with Gasteiger partial charge in [0.05, 0.1) is 11.2 Å². The SMILES string of the molecule is Clc1ccc(-c2cn3c(ccc4c5ccccc5ccc43)n2)cc1. The second kappa shape index (κ2) is 5.08. The van der Waals surface area contributed by atoms with E-state index in [4.69, 9.17) is 16.6 Å². The maximum Gasteiger partial charge on any atom is 0.137 e. The van der Waals surface area contributed by atoms with Crippen molar-refractivity contribution < 1.29 is 0 Å². The quantitative estimate of drug-likeness (QED) is 0.347. The van der Waals surface area contributed by atoms with E-state index in [1.807, 2.05) is 24.3 Å². The summed E-state index contributed by atoms with van der Waals surface area (Å²) in [6, 6.07) is 24.8. The molecule has 0 saturated carbocycles. The van der Waals surface area contributed by atoms with Crippen molar-refractivity contribution in [3.63, 3.8) is 0 Å². The Morgan fingerprint density at radius 1 is 0.750 bits per heavy atom. The highest BCUT2D eigenvalue weighted by atomic mass is 35.5. The number of benzene rings is 3. The van der Waals surface area contributed by atoms with Gasteiger partial charge in [-0.3, -0.25) is 4.40 Å². The molecule has 0 amide bonds. The van der Waals surface area contributed by atoms with Crippen LogP contribution in [0.4, 0.5) is 0 Å². The summed E-state index contributed by atoms with van der Waals surface area (Å²) in [7, 11) is 0. The molecule has 2 nitrogen and oxygen atoms in total. The van der Waals surface area contributed by atoms with Gasteiger partial charge in [0.25, 0.3) is 0 Å². The first-order valence-corrected chi connectivity index (χ1v) is 8.23. The van der Waals surface area contributed by atoms with Crippen molar-refractivity contribution in [1.82, 2.24) is 9.38 Å². The lowest BCUT2D eigenvalue weighted by Crippen LogP contribution is -1.87. The van der Waals surface area contributed by atoms with Crippen molar-refractivity contribution >= 4 is 38.9 Å². The average molecular weight is 329 g/mol. The van der Waals surface area contributed by atoms with Gasteiger partial charge in [-0.15, -0.1) is 0 Å². The van der Waals surface area contributed by atoms with Crippen LogP contribution in [-0.2, 0) is 0 Å². The second-order valence-corrected chi connectivity index (χ2v) is 6.35. The Hall–Kier alpha value is -2.84. The van der Waals surface area contributed by atoms with Gasteiger partial charge in [-0.1, -0.05) is 54.1 Å². The Morgan fingerprint density at radius 2 is 1.58 bits per heavy atom. The monoisotopic (exact) mass is 328 g/mol. The van der Waals surface area contributed by atoms with Crippen molar-refractivity contribution in [2.75, 3.05) is 0 Å². The van der Waals surface area contributed by atoms with Gasteiger partial charge in [-0.05, 0) is 41.1 Å². The van der Waals surface area contributed by atoms with E-state index >= 15 is 0 Å². The third-order valence-corrected chi connectivity index (χ3v) is 4.73. The lowest BCUT2D eigenvalue weighted by molar-refractivity contribution is 1.26. The lowest BCUT2D eigenvalue weighted by Gasteiger charge is -2.05. The number of pyridine rings is 1. The summed E-state index contributed by atoms with van der Waals surface area (Å²) in [5.74, 6) is 0. The fourth-order valence-corrected chi connectivity index (χ4v) is 3.42. The van der Waals surface area contributed by atoms with Gasteiger partial charge in [-0.25, -0.2) is 4.98 Å². The minimum atomic E-state index is 0.736. The molecule has 3 heteroatoms. The number of fused-ring (bicyclic) bond motifs is 5. The highest BCUT2D eigenvalue weighted by Gasteiger charge is 2.08. The van der Waals surface area contributed by atoms with E-state index in [0.29, 0.717) is 0 Å². The Kier molecular flexibility index (Phi) is 2.88. The zero-order valence-electron chi connectivity index (χ0n) is 12.8. The Bertz CT molecular complexity index is 1200. The molecule has 0 unspecified atom stereocenters. The fourth-order valence-electron chi connectivity index (χ4n) is 3.29. The molecular weight excluding hydrogens is 316 g/mol. The molecule has 5 aromatic rings. The van der Waals surface area contributed by atoms with Crippen molar-refractivity contribution in [3.05, 3.63) is 84.0 Å². The third kappa shape index (κ3) is 2.00. The zero-order valence-corrected chi connectivity index (χ0v) is 13.5. The van der Waals surface area contributed by atoms with E-state index in [1.54, 1.807) is 0 Å². The molecule has 0 atom stereocenters. The first-order valence-electron chi connectivity index (χ1n) is 7.85. The summed E-state index contributed by atoms with van der Waals surface area (Å²) >= 11 is 5.99. The summed E-state index contributed by atoms with van der Waals surface area (Å²) < 4.78 is 2.16. The molecule has 0 aliphatic carbocycles. The standard InChI is InChI=1S/C21H13ClN2/c22-16-8-5-15(6-9-16)19-13-24-20-11-7-14-3-1-2-4-17(14)18(20)10-12-21(24)23-19/h1-13H.